The number of aromatic nitrogens is 1. The molecule has 0 spiro atoms. The van der Waals surface area contributed by atoms with Crippen molar-refractivity contribution in [2.24, 2.45) is 0 Å². The molecule has 0 saturated heterocycles. The van der Waals surface area contributed by atoms with Crippen LogP contribution in [0, 0.1) is 0 Å². The Kier molecular flexibility index (Phi) is 4.20. The van der Waals surface area contributed by atoms with Crippen LogP contribution < -0.4 is 0 Å². The van der Waals surface area contributed by atoms with Gasteiger partial charge in [-0.1, -0.05) is 28.1 Å². The van der Waals surface area contributed by atoms with Gasteiger partial charge in [-0.25, -0.2) is 0 Å². The number of pyridine rings is 1. The lowest BCUT2D eigenvalue weighted by atomic mass is 9.90. The van der Waals surface area contributed by atoms with E-state index in [-0.39, 0.29) is 0 Å². The van der Waals surface area contributed by atoms with E-state index in [0.717, 1.165) is 20.1 Å². The molecular weight excluding hydrogens is 358 g/mol. The fraction of sp³-hybridized carbons (Fsp3) is 0.214. The molecule has 2 rings (SSSR count). The summed E-state index contributed by atoms with van der Waals surface area (Å²) in [4.78, 5) is 4.11. The van der Waals surface area contributed by atoms with Crippen LogP contribution in [-0.4, -0.2) is 10.1 Å². The molecule has 94 valence electrons. The van der Waals surface area contributed by atoms with Gasteiger partial charge in [0.25, 0.3) is 0 Å². The molecular formula is C14H13Br2NO. The van der Waals surface area contributed by atoms with Gasteiger partial charge in [0.1, 0.15) is 0 Å². The molecule has 18 heavy (non-hydrogen) atoms. The lowest BCUT2D eigenvalue weighted by Gasteiger charge is -2.24. The van der Waals surface area contributed by atoms with Crippen molar-refractivity contribution in [3.8, 4) is 0 Å². The largest absolute Gasteiger partial charge is 0.385 e. The zero-order valence-electron chi connectivity index (χ0n) is 9.90. The first-order chi connectivity index (χ1) is 8.47. The predicted molar refractivity (Wildman–Crippen MR) is 79.4 cm³/mol. The van der Waals surface area contributed by atoms with Crippen molar-refractivity contribution in [2.75, 3.05) is 0 Å². The zero-order valence-corrected chi connectivity index (χ0v) is 13.1. The predicted octanol–water partition coefficient (Wildman–Crippen LogP) is 4.06. The van der Waals surface area contributed by atoms with Crippen molar-refractivity contribution in [1.82, 2.24) is 4.98 Å². The van der Waals surface area contributed by atoms with Crippen LogP contribution in [0.3, 0.4) is 0 Å². The standard InChI is InChI=1S/C14H13Br2NO/c1-14(18,11-3-2-4-12(15)6-11)7-10-5-13(16)9-17-8-10/h2-6,8-9,18H,7H2,1H3. The summed E-state index contributed by atoms with van der Waals surface area (Å²) in [5.41, 5.74) is 0.970. The molecule has 1 aromatic carbocycles. The average Bonchev–Trinajstić information content (AvgIpc) is 2.28. The first-order valence-corrected chi connectivity index (χ1v) is 7.14. The van der Waals surface area contributed by atoms with Crippen molar-refractivity contribution in [1.29, 1.82) is 0 Å². The van der Waals surface area contributed by atoms with Gasteiger partial charge < -0.3 is 5.11 Å². The van der Waals surface area contributed by atoms with Crippen LogP contribution in [0.1, 0.15) is 18.1 Å². The molecule has 2 nitrogen and oxygen atoms in total. The summed E-state index contributed by atoms with van der Waals surface area (Å²) >= 11 is 6.81. The second kappa shape index (κ2) is 5.51. The molecule has 0 aliphatic rings. The highest BCUT2D eigenvalue weighted by molar-refractivity contribution is 9.10. The zero-order chi connectivity index (χ0) is 13.2. The van der Waals surface area contributed by atoms with Crippen molar-refractivity contribution < 1.29 is 5.11 Å². The van der Waals surface area contributed by atoms with Gasteiger partial charge in [-0.15, -0.1) is 0 Å². The van der Waals surface area contributed by atoms with Crippen molar-refractivity contribution in [2.45, 2.75) is 18.9 Å². The Bertz CT molecular complexity index is 555. The van der Waals surface area contributed by atoms with Crippen LogP contribution in [0.25, 0.3) is 0 Å². The van der Waals surface area contributed by atoms with E-state index in [4.69, 9.17) is 0 Å². The third-order valence-corrected chi connectivity index (χ3v) is 3.68. The number of halogens is 2. The number of aliphatic hydroxyl groups is 1. The van der Waals surface area contributed by atoms with E-state index in [1.165, 1.54) is 0 Å². The molecule has 4 heteroatoms. The molecule has 2 aromatic rings. The van der Waals surface area contributed by atoms with E-state index in [2.05, 4.69) is 36.8 Å². The molecule has 0 saturated carbocycles. The molecule has 0 amide bonds. The van der Waals surface area contributed by atoms with Crippen LogP contribution in [0.4, 0.5) is 0 Å². The fourth-order valence-corrected chi connectivity index (χ4v) is 2.69. The third-order valence-electron chi connectivity index (χ3n) is 2.76. The summed E-state index contributed by atoms with van der Waals surface area (Å²) < 4.78 is 1.89. The number of benzene rings is 1. The van der Waals surface area contributed by atoms with E-state index in [9.17, 15) is 5.11 Å². The molecule has 0 fully saturated rings. The van der Waals surface area contributed by atoms with E-state index < -0.39 is 5.60 Å². The van der Waals surface area contributed by atoms with E-state index >= 15 is 0 Å². The summed E-state index contributed by atoms with van der Waals surface area (Å²) in [6, 6.07) is 9.70. The van der Waals surface area contributed by atoms with E-state index in [0.29, 0.717) is 6.42 Å². The van der Waals surface area contributed by atoms with E-state index in [1.54, 1.807) is 12.4 Å². The Morgan fingerprint density at radius 1 is 1.17 bits per heavy atom. The summed E-state index contributed by atoms with van der Waals surface area (Å²) in [5.74, 6) is 0. The molecule has 1 heterocycles. The third kappa shape index (κ3) is 3.40. The maximum absolute atomic E-state index is 10.6. The summed E-state index contributed by atoms with van der Waals surface area (Å²) in [6.45, 7) is 1.82. The van der Waals surface area contributed by atoms with Gasteiger partial charge >= 0.3 is 0 Å². The van der Waals surface area contributed by atoms with Crippen LogP contribution in [0.15, 0.2) is 51.7 Å². The minimum Gasteiger partial charge on any atom is -0.385 e. The molecule has 1 unspecified atom stereocenters. The van der Waals surface area contributed by atoms with Crippen LogP contribution >= 0.6 is 31.9 Å². The van der Waals surface area contributed by atoms with Gasteiger partial charge in [0.15, 0.2) is 0 Å². The maximum Gasteiger partial charge on any atom is 0.0909 e. The Hall–Kier alpha value is -0.710. The second-order valence-corrected chi connectivity index (χ2v) is 6.30. The van der Waals surface area contributed by atoms with Crippen LogP contribution in [0.5, 0.6) is 0 Å². The Labute approximate surface area is 123 Å². The van der Waals surface area contributed by atoms with Gasteiger partial charge in [0, 0.05) is 27.8 Å². The summed E-state index contributed by atoms with van der Waals surface area (Å²) in [7, 11) is 0. The highest BCUT2D eigenvalue weighted by Gasteiger charge is 2.23. The van der Waals surface area contributed by atoms with Gasteiger partial charge in [0.05, 0.1) is 5.60 Å². The topological polar surface area (TPSA) is 33.1 Å². The second-order valence-electron chi connectivity index (χ2n) is 4.47. The lowest BCUT2D eigenvalue weighted by molar-refractivity contribution is 0.0575. The minimum atomic E-state index is -0.910. The van der Waals surface area contributed by atoms with Gasteiger partial charge in [0.2, 0.25) is 0 Å². The quantitative estimate of drug-likeness (QED) is 0.883. The van der Waals surface area contributed by atoms with Crippen LogP contribution in [-0.2, 0) is 12.0 Å². The number of hydrogen-bond acceptors (Lipinski definition) is 2. The molecule has 1 atom stereocenters. The molecule has 0 aliphatic carbocycles. The summed E-state index contributed by atoms with van der Waals surface area (Å²) in [6.07, 6.45) is 4.03. The van der Waals surface area contributed by atoms with Gasteiger partial charge in [-0.05, 0) is 52.2 Å². The Morgan fingerprint density at radius 3 is 2.61 bits per heavy atom. The van der Waals surface area contributed by atoms with Gasteiger partial charge in [-0.2, -0.15) is 0 Å². The number of rotatable bonds is 3. The van der Waals surface area contributed by atoms with Crippen molar-refractivity contribution in [3.63, 3.8) is 0 Å². The van der Waals surface area contributed by atoms with Gasteiger partial charge in [-0.3, -0.25) is 4.98 Å². The highest BCUT2D eigenvalue weighted by atomic mass is 79.9. The van der Waals surface area contributed by atoms with Crippen LogP contribution in [0.2, 0.25) is 0 Å². The molecule has 1 aromatic heterocycles. The lowest BCUT2D eigenvalue weighted by Crippen LogP contribution is -2.24. The SMILES string of the molecule is CC(O)(Cc1cncc(Br)c1)c1cccc(Br)c1. The monoisotopic (exact) mass is 369 g/mol. The van der Waals surface area contributed by atoms with E-state index in [1.807, 2.05) is 37.3 Å². The molecule has 0 radical (unpaired) electrons. The smallest absolute Gasteiger partial charge is 0.0909 e. The molecule has 1 N–H and O–H groups in total. The van der Waals surface area contributed by atoms with Crippen molar-refractivity contribution in [3.05, 3.63) is 62.8 Å². The maximum atomic E-state index is 10.6. The first kappa shape index (κ1) is 13.7. The average molecular weight is 371 g/mol. The number of nitrogens with zero attached hydrogens (tertiary/aromatic N) is 1. The normalized spacial score (nSPS) is 14.2. The molecule has 0 aliphatic heterocycles. The Balaban J connectivity index is 2.26. The molecule has 0 bridgehead atoms. The fourth-order valence-electron chi connectivity index (χ4n) is 1.88. The minimum absolute atomic E-state index is 0.524. The Morgan fingerprint density at radius 2 is 1.94 bits per heavy atom. The highest BCUT2D eigenvalue weighted by Crippen LogP contribution is 2.27. The number of hydrogen-bond donors (Lipinski definition) is 1. The van der Waals surface area contributed by atoms with Crippen molar-refractivity contribution >= 4 is 31.9 Å². The summed E-state index contributed by atoms with van der Waals surface area (Å²) in [5, 5.41) is 10.6. The first-order valence-electron chi connectivity index (χ1n) is 5.55.